The lowest BCUT2D eigenvalue weighted by Crippen LogP contribution is -2.35. The van der Waals surface area contributed by atoms with E-state index in [-0.39, 0.29) is 12.5 Å². The highest BCUT2D eigenvalue weighted by Gasteiger charge is 2.23. The summed E-state index contributed by atoms with van der Waals surface area (Å²) in [4.78, 5) is 13.7. The number of rotatable bonds is 3. The minimum atomic E-state index is -0.128. The van der Waals surface area contributed by atoms with Gasteiger partial charge in [0.15, 0.2) is 6.61 Å². The molecule has 0 radical (unpaired) electrons. The number of piperidine rings is 1. The molecule has 0 spiro atoms. The first-order valence-electron chi connectivity index (χ1n) is 7.27. The quantitative estimate of drug-likeness (QED) is 0.825. The number of benzene rings is 1. The average Bonchev–Trinajstić information content (AvgIpc) is 2.48. The molecule has 3 rings (SSSR count). The van der Waals surface area contributed by atoms with E-state index in [1.165, 1.54) is 0 Å². The third-order valence-electron chi connectivity index (χ3n) is 4.12. The smallest absolute Gasteiger partial charge is 0.262 e. The number of carbonyl (C=O) groups excluding carboxylic acids is 1. The third-order valence-corrected chi connectivity index (χ3v) is 4.12. The summed E-state index contributed by atoms with van der Waals surface area (Å²) in [6, 6.07) is 3.71. The molecule has 1 amide bonds. The van der Waals surface area contributed by atoms with E-state index in [0.717, 1.165) is 38.2 Å². The molecule has 2 aliphatic heterocycles. The molecule has 1 aromatic rings. The van der Waals surface area contributed by atoms with Crippen LogP contribution in [0.25, 0.3) is 0 Å². The van der Waals surface area contributed by atoms with Gasteiger partial charge in [0.2, 0.25) is 0 Å². The fraction of sp³-hybridized carbons (Fsp3) is 0.533. The number of anilines is 3. The van der Waals surface area contributed by atoms with Gasteiger partial charge in [-0.05, 0) is 24.8 Å². The van der Waals surface area contributed by atoms with E-state index in [2.05, 4.69) is 10.2 Å². The SMILES string of the molecule is COCC1CCN(c2cc3c(cc2N)OCC(=O)N3)CC1. The standard InChI is InChI=1S/C15H21N3O3/c1-20-8-10-2-4-18(5-3-10)13-7-12-14(6-11(13)16)21-9-15(19)17-12/h6-7,10H,2-5,8-9,16H2,1H3,(H,17,19). The summed E-state index contributed by atoms with van der Waals surface area (Å²) in [5, 5.41) is 2.83. The summed E-state index contributed by atoms with van der Waals surface area (Å²) in [5.41, 5.74) is 8.51. The molecule has 1 fully saturated rings. The second-order valence-electron chi connectivity index (χ2n) is 5.63. The fourth-order valence-electron chi connectivity index (χ4n) is 2.98. The highest BCUT2D eigenvalue weighted by Crippen LogP contribution is 2.38. The van der Waals surface area contributed by atoms with Crippen molar-refractivity contribution in [2.75, 3.05) is 49.4 Å². The Morgan fingerprint density at radius 3 is 2.90 bits per heavy atom. The number of ether oxygens (including phenoxy) is 2. The summed E-state index contributed by atoms with van der Waals surface area (Å²) < 4.78 is 10.6. The Bertz CT molecular complexity index is 539. The molecule has 6 nitrogen and oxygen atoms in total. The van der Waals surface area contributed by atoms with Crippen LogP contribution in [0.3, 0.4) is 0 Å². The van der Waals surface area contributed by atoms with Gasteiger partial charge in [-0.25, -0.2) is 0 Å². The second kappa shape index (κ2) is 5.81. The Morgan fingerprint density at radius 1 is 1.43 bits per heavy atom. The maximum atomic E-state index is 11.4. The van der Waals surface area contributed by atoms with Crippen molar-refractivity contribution in [3.05, 3.63) is 12.1 Å². The maximum absolute atomic E-state index is 11.4. The number of nitrogens with two attached hydrogens (primary N) is 1. The summed E-state index contributed by atoms with van der Waals surface area (Å²) in [6.07, 6.45) is 2.18. The van der Waals surface area contributed by atoms with E-state index in [4.69, 9.17) is 15.2 Å². The topological polar surface area (TPSA) is 76.8 Å². The van der Waals surface area contributed by atoms with Gasteiger partial charge < -0.3 is 25.4 Å². The molecule has 0 unspecified atom stereocenters. The zero-order valence-corrected chi connectivity index (χ0v) is 12.2. The van der Waals surface area contributed by atoms with Crippen LogP contribution in [0.15, 0.2) is 12.1 Å². The summed E-state index contributed by atoms with van der Waals surface area (Å²) in [5.74, 6) is 1.13. The van der Waals surface area contributed by atoms with Crippen molar-refractivity contribution in [1.82, 2.24) is 0 Å². The monoisotopic (exact) mass is 291 g/mol. The van der Waals surface area contributed by atoms with Crippen LogP contribution in [0.4, 0.5) is 17.1 Å². The van der Waals surface area contributed by atoms with E-state index in [1.807, 2.05) is 6.07 Å². The molecule has 0 aromatic heterocycles. The lowest BCUT2D eigenvalue weighted by atomic mass is 9.97. The highest BCUT2D eigenvalue weighted by atomic mass is 16.5. The van der Waals surface area contributed by atoms with Gasteiger partial charge in [-0.1, -0.05) is 0 Å². The molecule has 21 heavy (non-hydrogen) atoms. The molecule has 0 bridgehead atoms. The van der Waals surface area contributed by atoms with Gasteiger partial charge in [-0.15, -0.1) is 0 Å². The Hall–Kier alpha value is -1.95. The van der Waals surface area contributed by atoms with Crippen molar-refractivity contribution in [2.45, 2.75) is 12.8 Å². The van der Waals surface area contributed by atoms with Crippen LogP contribution in [-0.2, 0) is 9.53 Å². The molecular weight excluding hydrogens is 270 g/mol. The van der Waals surface area contributed by atoms with Gasteiger partial charge in [0.25, 0.3) is 5.91 Å². The number of amides is 1. The van der Waals surface area contributed by atoms with E-state index in [1.54, 1.807) is 13.2 Å². The minimum absolute atomic E-state index is 0.0498. The van der Waals surface area contributed by atoms with Crippen LogP contribution in [0, 0.1) is 5.92 Å². The van der Waals surface area contributed by atoms with Crippen molar-refractivity contribution < 1.29 is 14.3 Å². The van der Waals surface area contributed by atoms with Crippen LogP contribution in [0.2, 0.25) is 0 Å². The Labute approximate surface area is 124 Å². The molecule has 2 heterocycles. The molecule has 3 N–H and O–H groups in total. The van der Waals surface area contributed by atoms with Crippen LogP contribution in [0.5, 0.6) is 5.75 Å². The third kappa shape index (κ3) is 2.90. The van der Waals surface area contributed by atoms with Crippen molar-refractivity contribution in [3.63, 3.8) is 0 Å². The summed E-state index contributed by atoms with van der Waals surface area (Å²) >= 11 is 0. The van der Waals surface area contributed by atoms with Gasteiger partial charge in [-0.3, -0.25) is 4.79 Å². The van der Waals surface area contributed by atoms with E-state index in [0.29, 0.717) is 23.0 Å². The van der Waals surface area contributed by atoms with E-state index in [9.17, 15) is 4.79 Å². The lowest BCUT2D eigenvalue weighted by Gasteiger charge is -2.34. The van der Waals surface area contributed by atoms with Crippen molar-refractivity contribution in [1.29, 1.82) is 0 Å². The number of hydrogen-bond donors (Lipinski definition) is 2. The van der Waals surface area contributed by atoms with E-state index >= 15 is 0 Å². The number of methoxy groups -OCH3 is 1. The first kappa shape index (κ1) is 14.0. The molecule has 2 aliphatic rings. The predicted molar refractivity (Wildman–Crippen MR) is 81.8 cm³/mol. The Balaban J connectivity index is 1.77. The molecule has 1 saturated heterocycles. The van der Waals surface area contributed by atoms with Crippen LogP contribution in [-0.4, -0.2) is 39.3 Å². The molecule has 0 aliphatic carbocycles. The molecule has 1 aromatic carbocycles. The Morgan fingerprint density at radius 2 is 2.19 bits per heavy atom. The summed E-state index contributed by atoms with van der Waals surface area (Å²) in [6.45, 7) is 2.77. The largest absolute Gasteiger partial charge is 0.482 e. The molecule has 0 saturated carbocycles. The number of carbonyl (C=O) groups is 1. The molecule has 6 heteroatoms. The molecule has 0 atom stereocenters. The first-order chi connectivity index (χ1) is 10.2. The number of nitrogens with zero attached hydrogens (tertiary/aromatic N) is 1. The Kier molecular flexibility index (Phi) is 3.88. The van der Waals surface area contributed by atoms with Crippen molar-refractivity contribution in [2.24, 2.45) is 5.92 Å². The zero-order chi connectivity index (χ0) is 14.8. The number of nitrogens with one attached hydrogen (secondary N) is 1. The van der Waals surface area contributed by atoms with Gasteiger partial charge in [0.05, 0.1) is 17.1 Å². The van der Waals surface area contributed by atoms with Gasteiger partial charge in [0, 0.05) is 32.9 Å². The van der Waals surface area contributed by atoms with Gasteiger partial charge in [0.1, 0.15) is 5.75 Å². The van der Waals surface area contributed by atoms with Crippen LogP contribution >= 0.6 is 0 Å². The van der Waals surface area contributed by atoms with Gasteiger partial charge >= 0.3 is 0 Å². The molecular formula is C15H21N3O3. The van der Waals surface area contributed by atoms with E-state index < -0.39 is 0 Å². The highest BCUT2D eigenvalue weighted by molar-refractivity contribution is 5.97. The fourth-order valence-corrected chi connectivity index (χ4v) is 2.98. The van der Waals surface area contributed by atoms with Crippen molar-refractivity contribution >= 4 is 23.0 Å². The molecule has 114 valence electrons. The normalized spacial score (nSPS) is 18.9. The second-order valence-corrected chi connectivity index (χ2v) is 5.63. The van der Waals surface area contributed by atoms with Gasteiger partial charge in [-0.2, -0.15) is 0 Å². The van der Waals surface area contributed by atoms with Crippen LogP contribution < -0.4 is 20.7 Å². The summed E-state index contributed by atoms with van der Waals surface area (Å²) in [7, 11) is 1.75. The maximum Gasteiger partial charge on any atom is 0.262 e. The average molecular weight is 291 g/mol. The lowest BCUT2D eigenvalue weighted by molar-refractivity contribution is -0.118. The first-order valence-corrected chi connectivity index (χ1v) is 7.27. The van der Waals surface area contributed by atoms with Crippen molar-refractivity contribution in [3.8, 4) is 5.75 Å². The minimum Gasteiger partial charge on any atom is -0.482 e. The number of hydrogen-bond acceptors (Lipinski definition) is 5. The van der Waals surface area contributed by atoms with Crippen LogP contribution in [0.1, 0.15) is 12.8 Å². The predicted octanol–water partition coefficient (Wildman–Crippen LogP) is 1.46. The number of fused-ring (bicyclic) bond motifs is 1. The zero-order valence-electron chi connectivity index (χ0n) is 12.2. The number of nitrogen functional groups attached to an aromatic ring is 1.